The van der Waals surface area contributed by atoms with Gasteiger partial charge in [0.15, 0.2) is 11.5 Å². The van der Waals surface area contributed by atoms with Crippen molar-refractivity contribution < 1.29 is 23.8 Å². The van der Waals surface area contributed by atoms with E-state index >= 15 is 0 Å². The second-order valence-electron chi connectivity index (χ2n) is 8.22. The molecule has 1 aliphatic rings. The topological polar surface area (TPSA) is 68.3 Å². The Balaban J connectivity index is 1.78. The van der Waals surface area contributed by atoms with Crippen LogP contribution < -0.4 is 9.47 Å². The van der Waals surface area contributed by atoms with Crippen LogP contribution in [-0.2, 0) is 20.7 Å². The number of methoxy groups -OCH3 is 2. The number of rotatable bonds is 10. The van der Waals surface area contributed by atoms with E-state index in [0.29, 0.717) is 31.2 Å². The molecule has 2 amide bonds. The molecule has 32 heavy (non-hydrogen) atoms. The molecule has 2 heterocycles. The van der Waals surface area contributed by atoms with E-state index in [0.717, 1.165) is 12.0 Å². The van der Waals surface area contributed by atoms with Crippen LogP contribution in [0.5, 0.6) is 11.5 Å². The minimum atomic E-state index is -0.221. The number of benzene rings is 1. The van der Waals surface area contributed by atoms with E-state index < -0.39 is 0 Å². The van der Waals surface area contributed by atoms with E-state index in [1.807, 2.05) is 43.0 Å². The second kappa shape index (κ2) is 11.3. The summed E-state index contributed by atoms with van der Waals surface area (Å²) in [4.78, 5) is 30.6. The van der Waals surface area contributed by atoms with Crippen LogP contribution in [0, 0.1) is 5.92 Å². The van der Waals surface area contributed by atoms with Crippen molar-refractivity contribution in [3.8, 4) is 11.5 Å². The molecule has 0 radical (unpaired) electrons. The lowest BCUT2D eigenvalue weighted by Crippen LogP contribution is -2.49. The Morgan fingerprint density at radius 3 is 2.62 bits per heavy atom. The maximum atomic E-state index is 13.4. The molecule has 0 spiro atoms. The van der Waals surface area contributed by atoms with E-state index in [-0.39, 0.29) is 36.9 Å². The quantitative estimate of drug-likeness (QED) is 0.544. The predicted octanol–water partition coefficient (Wildman–Crippen LogP) is 3.39. The van der Waals surface area contributed by atoms with Crippen LogP contribution in [-0.4, -0.2) is 68.7 Å². The largest absolute Gasteiger partial charge is 0.493 e. The van der Waals surface area contributed by atoms with Crippen LogP contribution in [0.1, 0.15) is 30.3 Å². The highest BCUT2D eigenvalue weighted by molar-refractivity contribution is 7.10. The van der Waals surface area contributed by atoms with E-state index in [1.165, 1.54) is 12.0 Å². The van der Waals surface area contributed by atoms with Gasteiger partial charge in [0.05, 0.1) is 19.7 Å². The standard InChI is InChI=1S/C24H32N2O5S/c1-17(2)13-25(24(28)16-29-3)14-23(27)26-11-9-22-18(10-12-32-22)19(26)15-31-21-8-6-5-7-20(21)30-4/h5-8,10,12,17,19H,9,11,13-16H2,1-4H3/t19-/m1/s1. The van der Waals surface area contributed by atoms with E-state index in [2.05, 4.69) is 11.4 Å². The average Bonchev–Trinajstić information content (AvgIpc) is 3.26. The van der Waals surface area contributed by atoms with Crippen molar-refractivity contribution in [2.75, 3.05) is 47.1 Å². The molecule has 1 atom stereocenters. The molecule has 0 unspecified atom stereocenters. The first-order valence-electron chi connectivity index (χ1n) is 10.8. The fourth-order valence-electron chi connectivity index (χ4n) is 3.95. The van der Waals surface area contributed by atoms with Gasteiger partial charge in [-0.1, -0.05) is 26.0 Å². The van der Waals surface area contributed by atoms with Crippen molar-refractivity contribution in [1.82, 2.24) is 9.80 Å². The zero-order chi connectivity index (χ0) is 23.1. The minimum absolute atomic E-state index is 0.0327. The van der Waals surface area contributed by atoms with Crippen molar-refractivity contribution in [2.45, 2.75) is 26.3 Å². The Morgan fingerprint density at radius 2 is 1.94 bits per heavy atom. The first kappa shape index (κ1) is 24.1. The SMILES string of the molecule is COCC(=O)N(CC(=O)N1CCc2sccc2[C@H]1COc1ccccc1OC)CC(C)C. The van der Waals surface area contributed by atoms with E-state index in [9.17, 15) is 9.59 Å². The average molecular weight is 461 g/mol. The molecule has 7 nitrogen and oxygen atoms in total. The Hall–Kier alpha value is -2.58. The molecule has 0 saturated heterocycles. The molecule has 0 aliphatic carbocycles. The van der Waals surface area contributed by atoms with Crippen molar-refractivity contribution in [1.29, 1.82) is 0 Å². The lowest BCUT2D eigenvalue weighted by molar-refractivity contribution is -0.145. The van der Waals surface area contributed by atoms with Gasteiger partial charge in [-0.25, -0.2) is 0 Å². The van der Waals surface area contributed by atoms with Gasteiger partial charge in [-0.3, -0.25) is 9.59 Å². The van der Waals surface area contributed by atoms with Gasteiger partial charge in [0.25, 0.3) is 0 Å². The summed E-state index contributed by atoms with van der Waals surface area (Å²) in [6.45, 7) is 5.47. The lowest BCUT2D eigenvalue weighted by Gasteiger charge is -2.37. The molecule has 0 saturated carbocycles. The Bertz CT molecular complexity index is 913. The minimum Gasteiger partial charge on any atom is -0.493 e. The van der Waals surface area contributed by atoms with Gasteiger partial charge < -0.3 is 24.0 Å². The van der Waals surface area contributed by atoms with Crippen LogP contribution in [0.3, 0.4) is 0 Å². The molecular weight excluding hydrogens is 428 g/mol. The highest BCUT2D eigenvalue weighted by Gasteiger charge is 2.33. The molecule has 1 aromatic carbocycles. The Labute approximate surface area is 193 Å². The summed E-state index contributed by atoms with van der Waals surface area (Å²) in [6, 6.07) is 9.33. The number of amides is 2. The zero-order valence-electron chi connectivity index (χ0n) is 19.2. The van der Waals surface area contributed by atoms with E-state index in [4.69, 9.17) is 14.2 Å². The highest BCUT2D eigenvalue weighted by atomic mass is 32.1. The summed E-state index contributed by atoms with van der Waals surface area (Å²) in [6.07, 6.45) is 0.806. The molecule has 3 rings (SSSR count). The van der Waals surface area contributed by atoms with Crippen molar-refractivity contribution in [3.63, 3.8) is 0 Å². The summed E-state index contributed by atoms with van der Waals surface area (Å²) < 4.78 is 16.5. The predicted molar refractivity (Wildman–Crippen MR) is 124 cm³/mol. The molecule has 1 aromatic heterocycles. The van der Waals surface area contributed by atoms with Crippen molar-refractivity contribution >= 4 is 23.2 Å². The first-order chi connectivity index (χ1) is 15.4. The molecule has 0 N–H and O–H groups in total. The maximum Gasteiger partial charge on any atom is 0.249 e. The van der Waals surface area contributed by atoms with E-state index in [1.54, 1.807) is 23.3 Å². The molecule has 2 aromatic rings. The highest BCUT2D eigenvalue weighted by Crippen LogP contribution is 2.35. The van der Waals surface area contributed by atoms with Crippen LogP contribution in [0.2, 0.25) is 0 Å². The van der Waals surface area contributed by atoms with Gasteiger partial charge in [0.2, 0.25) is 11.8 Å². The number of thiophene rings is 1. The number of hydrogen-bond acceptors (Lipinski definition) is 6. The van der Waals surface area contributed by atoms with Gasteiger partial charge in [-0.2, -0.15) is 0 Å². The van der Waals surface area contributed by atoms with Crippen LogP contribution >= 0.6 is 11.3 Å². The van der Waals surface area contributed by atoms with Crippen LogP contribution in [0.15, 0.2) is 35.7 Å². The summed E-state index contributed by atoms with van der Waals surface area (Å²) >= 11 is 1.71. The van der Waals surface area contributed by atoms with Gasteiger partial charge in [-0.15, -0.1) is 11.3 Å². The number of carbonyl (C=O) groups is 2. The molecule has 0 fully saturated rings. The first-order valence-corrected chi connectivity index (χ1v) is 11.7. The lowest BCUT2D eigenvalue weighted by atomic mass is 10.0. The number of nitrogens with zero attached hydrogens (tertiary/aromatic N) is 2. The van der Waals surface area contributed by atoms with Gasteiger partial charge in [0, 0.05) is 25.1 Å². The third-order valence-corrected chi connectivity index (χ3v) is 6.41. The fourth-order valence-corrected chi connectivity index (χ4v) is 4.87. The molecule has 1 aliphatic heterocycles. The summed E-state index contributed by atoms with van der Waals surface area (Å²) in [7, 11) is 3.09. The third kappa shape index (κ3) is 5.81. The Morgan fingerprint density at radius 1 is 1.19 bits per heavy atom. The number of fused-ring (bicyclic) bond motifs is 1. The fraction of sp³-hybridized carbons (Fsp3) is 0.500. The summed E-state index contributed by atoms with van der Waals surface area (Å²) in [5.41, 5.74) is 1.11. The second-order valence-corrected chi connectivity index (χ2v) is 9.22. The smallest absolute Gasteiger partial charge is 0.249 e. The summed E-state index contributed by atoms with van der Waals surface area (Å²) in [5, 5.41) is 2.06. The zero-order valence-corrected chi connectivity index (χ0v) is 20.0. The molecule has 0 bridgehead atoms. The molecule has 8 heteroatoms. The molecule has 174 valence electrons. The number of ether oxygens (including phenoxy) is 3. The number of para-hydroxylation sites is 2. The van der Waals surface area contributed by atoms with Crippen LogP contribution in [0.25, 0.3) is 0 Å². The van der Waals surface area contributed by atoms with Gasteiger partial charge >= 0.3 is 0 Å². The van der Waals surface area contributed by atoms with Gasteiger partial charge in [0.1, 0.15) is 13.2 Å². The number of carbonyl (C=O) groups excluding carboxylic acids is 2. The third-order valence-electron chi connectivity index (χ3n) is 5.41. The number of hydrogen-bond donors (Lipinski definition) is 0. The Kier molecular flexibility index (Phi) is 8.53. The maximum absolute atomic E-state index is 13.4. The normalized spacial score (nSPS) is 15.4. The van der Waals surface area contributed by atoms with Crippen molar-refractivity contribution in [2.24, 2.45) is 5.92 Å². The van der Waals surface area contributed by atoms with Crippen LogP contribution in [0.4, 0.5) is 0 Å². The monoisotopic (exact) mass is 460 g/mol. The van der Waals surface area contributed by atoms with Crippen molar-refractivity contribution in [3.05, 3.63) is 46.2 Å². The molecular formula is C24H32N2O5S. The summed E-state index contributed by atoms with van der Waals surface area (Å²) in [5.74, 6) is 1.28. The van der Waals surface area contributed by atoms with Gasteiger partial charge in [-0.05, 0) is 41.5 Å².